The van der Waals surface area contributed by atoms with Gasteiger partial charge >= 0.3 is 0 Å². The molecular weight excluding hydrogens is 334 g/mol. The second-order valence-electron chi connectivity index (χ2n) is 5.26. The number of hydrogen-bond donors (Lipinski definition) is 2. The Bertz CT molecular complexity index is 654. The Morgan fingerprint density at radius 2 is 2.17 bits per heavy atom. The van der Waals surface area contributed by atoms with E-state index < -0.39 is 0 Å². The van der Waals surface area contributed by atoms with Gasteiger partial charge in [-0.3, -0.25) is 4.79 Å². The third-order valence-corrected chi connectivity index (χ3v) is 3.53. The fourth-order valence-corrected chi connectivity index (χ4v) is 2.30. The molecule has 0 radical (unpaired) electrons. The second kappa shape index (κ2) is 8.68. The van der Waals surface area contributed by atoms with Gasteiger partial charge in [0.2, 0.25) is 5.89 Å². The van der Waals surface area contributed by atoms with Crippen LogP contribution in [0, 0.1) is 0 Å². The van der Waals surface area contributed by atoms with E-state index in [1.165, 1.54) is 6.26 Å². The zero-order valence-electron chi connectivity index (χ0n) is 13.1. The number of benzene rings is 1. The fourth-order valence-electron chi connectivity index (χ4n) is 2.30. The number of nitrogens with zero attached hydrogens (tertiary/aromatic N) is 1. The highest BCUT2D eigenvalue weighted by Gasteiger charge is 2.16. The zero-order chi connectivity index (χ0) is 16.1. The summed E-state index contributed by atoms with van der Waals surface area (Å²) < 4.78 is 16.2. The second-order valence-corrected chi connectivity index (χ2v) is 5.26. The summed E-state index contributed by atoms with van der Waals surface area (Å²) in [7, 11) is 0. The topological polar surface area (TPSA) is 99.6 Å². The third-order valence-electron chi connectivity index (χ3n) is 3.53. The average molecular weight is 354 g/mol. The van der Waals surface area contributed by atoms with Crippen LogP contribution in [-0.4, -0.2) is 30.2 Å². The first-order valence-electron chi connectivity index (χ1n) is 7.55. The van der Waals surface area contributed by atoms with E-state index in [9.17, 15) is 4.79 Å². The van der Waals surface area contributed by atoms with Crippen LogP contribution < -0.4 is 15.8 Å². The number of hydrogen-bond acceptors (Lipinski definition) is 6. The SMILES string of the molecule is Cl.NCc1nc(C(=O)Nc2ccc(OCC3CCCO3)cc2)co1. The summed E-state index contributed by atoms with van der Waals surface area (Å²) in [6.07, 6.45) is 3.60. The van der Waals surface area contributed by atoms with Gasteiger partial charge in [-0.1, -0.05) is 0 Å². The number of nitrogens with one attached hydrogen (secondary N) is 1. The van der Waals surface area contributed by atoms with Crippen LogP contribution in [-0.2, 0) is 11.3 Å². The van der Waals surface area contributed by atoms with E-state index in [-0.39, 0.29) is 36.7 Å². The molecule has 0 saturated carbocycles. The van der Waals surface area contributed by atoms with Gasteiger partial charge in [-0.25, -0.2) is 4.98 Å². The molecule has 2 heterocycles. The maximum absolute atomic E-state index is 12.0. The molecule has 1 aliphatic heterocycles. The minimum absolute atomic E-state index is 0. The third kappa shape index (κ3) is 4.70. The molecule has 130 valence electrons. The summed E-state index contributed by atoms with van der Waals surface area (Å²) in [6, 6.07) is 7.15. The van der Waals surface area contributed by atoms with Crippen LogP contribution in [0.4, 0.5) is 5.69 Å². The first-order valence-corrected chi connectivity index (χ1v) is 7.55. The number of oxazole rings is 1. The quantitative estimate of drug-likeness (QED) is 0.827. The maximum Gasteiger partial charge on any atom is 0.277 e. The Morgan fingerprint density at radius 1 is 1.38 bits per heavy atom. The lowest BCUT2D eigenvalue weighted by Crippen LogP contribution is -2.16. The van der Waals surface area contributed by atoms with Crippen LogP contribution in [0.25, 0.3) is 0 Å². The summed E-state index contributed by atoms with van der Waals surface area (Å²) >= 11 is 0. The van der Waals surface area contributed by atoms with Crippen molar-refractivity contribution in [1.82, 2.24) is 4.98 Å². The first-order chi connectivity index (χ1) is 11.2. The van der Waals surface area contributed by atoms with Crippen molar-refractivity contribution in [3.8, 4) is 5.75 Å². The van der Waals surface area contributed by atoms with E-state index in [4.69, 9.17) is 19.6 Å². The maximum atomic E-state index is 12.0. The zero-order valence-corrected chi connectivity index (χ0v) is 13.9. The molecule has 1 aromatic carbocycles. The van der Waals surface area contributed by atoms with Crippen LogP contribution in [0.5, 0.6) is 5.75 Å². The van der Waals surface area contributed by atoms with Gasteiger partial charge in [-0.15, -0.1) is 12.4 Å². The van der Waals surface area contributed by atoms with Gasteiger partial charge in [-0.05, 0) is 37.1 Å². The number of ether oxygens (including phenoxy) is 2. The molecule has 1 atom stereocenters. The Labute approximate surface area is 145 Å². The highest BCUT2D eigenvalue weighted by molar-refractivity contribution is 6.02. The van der Waals surface area contributed by atoms with E-state index >= 15 is 0 Å². The highest BCUT2D eigenvalue weighted by atomic mass is 35.5. The van der Waals surface area contributed by atoms with E-state index in [1.54, 1.807) is 24.3 Å². The van der Waals surface area contributed by atoms with Crippen molar-refractivity contribution in [1.29, 1.82) is 0 Å². The Kier molecular flexibility index (Phi) is 6.60. The van der Waals surface area contributed by atoms with Crippen molar-refractivity contribution < 1.29 is 18.7 Å². The molecule has 3 N–H and O–H groups in total. The molecule has 1 saturated heterocycles. The molecule has 1 aromatic heterocycles. The van der Waals surface area contributed by atoms with Crippen molar-refractivity contribution in [2.75, 3.05) is 18.5 Å². The van der Waals surface area contributed by atoms with E-state index in [0.717, 1.165) is 25.2 Å². The average Bonchev–Trinajstić information content (AvgIpc) is 3.25. The number of carbonyl (C=O) groups excluding carboxylic acids is 1. The molecule has 7 nitrogen and oxygen atoms in total. The lowest BCUT2D eigenvalue weighted by atomic mass is 10.2. The van der Waals surface area contributed by atoms with Gasteiger partial charge in [0, 0.05) is 12.3 Å². The number of halogens is 1. The number of amides is 1. The van der Waals surface area contributed by atoms with Crippen LogP contribution in [0.2, 0.25) is 0 Å². The molecule has 1 aliphatic rings. The number of anilines is 1. The van der Waals surface area contributed by atoms with Crippen molar-refractivity contribution in [3.05, 3.63) is 42.1 Å². The standard InChI is InChI=1S/C16H19N3O4.ClH/c17-8-15-19-14(10-23-15)16(20)18-11-3-5-12(6-4-11)22-9-13-2-1-7-21-13;/h3-6,10,13H,1-2,7-9,17H2,(H,18,20);1H. The molecule has 0 bridgehead atoms. The molecule has 8 heteroatoms. The van der Waals surface area contributed by atoms with Gasteiger partial charge in [-0.2, -0.15) is 0 Å². The Hall–Kier alpha value is -2.09. The van der Waals surface area contributed by atoms with Crippen molar-refractivity contribution in [3.63, 3.8) is 0 Å². The predicted octanol–water partition coefficient (Wildman–Crippen LogP) is 2.37. The summed E-state index contributed by atoms with van der Waals surface area (Å²) in [6.45, 7) is 1.52. The molecule has 24 heavy (non-hydrogen) atoms. The summed E-state index contributed by atoms with van der Waals surface area (Å²) in [4.78, 5) is 16.0. The van der Waals surface area contributed by atoms with E-state index in [1.807, 2.05) is 0 Å². The molecule has 1 amide bonds. The van der Waals surface area contributed by atoms with Crippen LogP contribution in [0.3, 0.4) is 0 Å². The van der Waals surface area contributed by atoms with Crippen LogP contribution in [0.1, 0.15) is 29.2 Å². The normalized spacial score (nSPS) is 16.5. The number of aromatic nitrogens is 1. The van der Waals surface area contributed by atoms with Gasteiger partial charge in [0.1, 0.15) is 18.6 Å². The van der Waals surface area contributed by atoms with Gasteiger partial charge in [0.05, 0.1) is 12.6 Å². The van der Waals surface area contributed by atoms with Crippen LogP contribution in [0.15, 0.2) is 34.9 Å². The number of rotatable bonds is 6. The summed E-state index contributed by atoms with van der Waals surface area (Å²) in [5.41, 5.74) is 6.24. The largest absolute Gasteiger partial charge is 0.491 e. The van der Waals surface area contributed by atoms with Crippen molar-refractivity contribution >= 4 is 24.0 Å². The fraction of sp³-hybridized carbons (Fsp3) is 0.375. The predicted molar refractivity (Wildman–Crippen MR) is 90.5 cm³/mol. The van der Waals surface area contributed by atoms with Crippen LogP contribution >= 0.6 is 12.4 Å². The lowest BCUT2D eigenvalue weighted by molar-refractivity contribution is 0.0679. The monoisotopic (exact) mass is 353 g/mol. The summed E-state index contributed by atoms with van der Waals surface area (Å²) in [5.74, 6) is 0.722. The van der Waals surface area contributed by atoms with Gasteiger partial charge in [0.25, 0.3) is 5.91 Å². The smallest absolute Gasteiger partial charge is 0.277 e. The van der Waals surface area contributed by atoms with Gasteiger partial charge < -0.3 is 24.9 Å². The number of nitrogens with two attached hydrogens (primary N) is 1. The molecule has 1 unspecified atom stereocenters. The summed E-state index contributed by atoms with van der Waals surface area (Å²) in [5, 5.41) is 2.74. The number of carbonyl (C=O) groups is 1. The minimum atomic E-state index is -0.346. The molecule has 2 aromatic rings. The molecule has 0 aliphatic carbocycles. The highest BCUT2D eigenvalue weighted by Crippen LogP contribution is 2.19. The molecule has 1 fully saturated rings. The lowest BCUT2D eigenvalue weighted by Gasteiger charge is -2.11. The van der Waals surface area contributed by atoms with E-state index in [2.05, 4.69) is 10.3 Å². The van der Waals surface area contributed by atoms with Gasteiger partial charge in [0.15, 0.2) is 5.69 Å². The molecule has 3 rings (SSSR count). The minimum Gasteiger partial charge on any atom is -0.491 e. The van der Waals surface area contributed by atoms with Crippen molar-refractivity contribution in [2.24, 2.45) is 5.73 Å². The Balaban J connectivity index is 0.00000208. The molecular formula is C16H20ClN3O4. The molecule has 0 spiro atoms. The Morgan fingerprint density at radius 3 is 2.79 bits per heavy atom. The van der Waals surface area contributed by atoms with E-state index in [0.29, 0.717) is 18.2 Å². The first kappa shape index (κ1) is 18.3. The van der Waals surface area contributed by atoms with Crippen molar-refractivity contribution in [2.45, 2.75) is 25.5 Å².